The van der Waals surface area contributed by atoms with Crippen LogP contribution in [0.3, 0.4) is 0 Å². The quantitative estimate of drug-likeness (QED) is 0.843. The lowest BCUT2D eigenvalue weighted by molar-refractivity contribution is -0.117. The standard InChI is InChI=1S/C13H16N4O2S/c1-8(11(14)18)20-13-16-15-12(17(13)2)9-5-4-6-10(7-9)19-3/h4-8H,1-3H3,(H2,14,18)/t8-/m1/s1. The number of ether oxygens (including phenoxy) is 1. The van der Waals surface area contributed by atoms with Gasteiger partial charge in [0.25, 0.3) is 0 Å². The van der Waals surface area contributed by atoms with Crippen LogP contribution in [0, 0.1) is 0 Å². The van der Waals surface area contributed by atoms with Crippen LogP contribution in [0.4, 0.5) is 0 Å². The minimum atomic E-state index is -0.374. The van der Waals surface area contributed by atoms with Crippen LogP contribution in [0.5, 0.6) is 5.75 Å². The molecule has 0 aliphatic carbocycles. The fourth-order valence-electron chi connectivity index (χ4n) is 1.65. The Balaban J connectivity index is 2.30. The van der Waals surface area contributed by atoms with Crippen molar-refractivity contribution in [3.8, 4) is 17.1 Å². The number of primary amides is 1. The van der Waals surface area contributed by atoms with Gasteiger partial charge in [-0.3, -0.25) is 4.79 Å². The maximum absolute atomic E-state index is 11.1. The van der Waals surface area contributed by atoms with Crippen molar-refractivity contribution in [2.45, 2.75) is 17.3 Å². The van der Waals surface area contributed by atoms with Crippen molar-refractivity contribution in [1.82, 2.24) is 14.8 Å². The zero-order valence-electron chi connectivity index (χ0n) is 11.5. The van der Waals surface area contributed by atoms with E-state index in [-0.39, 0.29) is 11.2 Å². The van der Waals surface area contributed by atoms with Gasteiger partial charge in [-0.1, -0.05) is 23.9 Å². The third kappa shape index (κ3) is 2.93. The highest BCUT2D eigenvalue weighted by atomic mass is 32.2. The maximum Gasteiger partial charge on any atom is 0.230 e. The van der Waals surface area contributed by atoms with Crippen LogP contribution in [-0.2, 0) is 11.8 Å². The lowest BCUT2D eigenvalue weighted by atomic mass is 10.2. The molecule has 20 heavy (non-hydrogen) atoms. The van der Waals surface area contributed by atoms with Gasteiger partial charge in [-0.05, 0) is 19.1 Å². The summed E-state index contributed by atoms with van der Waals surface area (Å²) in [7, 11) is 3.47. The lowest BCUT2D eigenvalue weighted by Gasteiger charge is -2.07. The van der Waals surface area contributed by atoms with E-state index in [2.05, 4.69) is 10.2 Å². The Morgan fingerprint density at radius 3 is 2.85 bits per heavy atom. The molecular weight excluding hydrogens is 276 g/mol. The number of methoxy groups -OCH3 is 1. The van der Waals surface area contributed by atoms with E-state index in [1.807, 2.05) is 35.9 Å². The highest BCUT2D eigenvalue weighted by molar-refractivity contribution is 8.00. The van der Waals surface area contributed by atoms with Gasteiger partial charge in [-0.15, -0.1) is 10.2 Å². The van der Waals surface area contributed by atoms with Gasteiger partial charge in [0.15, 0.2) is 11.0 Å². The number of nitrogens with zero attached hydrogens (tertiary/aromatic N) is 3. The summed E-state index contributed by atoms with van der Waals surface area (Å²) in [5, 5.41) is 8.55. The van der Waals surface area contributed by atoms with Crippen LogP contribution >= 0.6 is 11.8 Å². The SMILES string of the molecule is COc1cccc(-c2nnc(S[C@H](C)C(N)=O)n2C)c1. The average molecular weight is 292 g/mol. The topological polar surface area (TPSA) is 83.0 Å². The highest BCUT2D eigenvalue weighted by Gasteiger charge is 2.17. The Kier molecular flexibility index (Phi) is 4.29. The van der Waals surface area contributed by atoms with Gasteiger partial charge in [0.1, 0.15) is 5.75 Å². The van der Waals surface area contributed by atoms with E-state index in [4.69, 9.17) is 10.5 Å². The van der Waals surface area contributed by atoms with Crippen LogP contribution in [0.25, 0.3) is 11.4 Å². The number of benzene rings is 1. The normalized spacial score (nSPS) is 12.2. The van der Waals surface area contributed by atoms with Crippen molar-refractivity contribution in [1.29, 1.82) is 0 Å². The summed E-state index contributed by atoms with van der Waals surface area (Å²) in [6.07, 6.45) is 0. The molecule has 1 heterocycles. The smallest absolute Gasteiger partial charge is 0.230 e. The summed E-state index contributed by atoms with van der Waals surface area (Å²) >= 11 is 1.29. The average Bonchev–Trinajstić information content (AvgIpc) is 2.80. The second kappa shape index (κ2) is 5.96. The number of aromatic nitrogens is 3. The van der Waals surface area contributed by atoms with Crippen LogP contribution in [0.2, 0.25) is 0 Å². The second-order valence-electron chi connectivity index (χ2n) is 4.26. The van der Waals surface area contributed by atoms with Crippen molar-refractivity contribution < 1.29 is 9.53 Å². The summed E-state index contributed by atoms with van der Waals surface area (Å²) in [6, 6.07) is 7.57. The van der Waals surface area contributed by atoms with Gasteiger partial charge in [-0.25, -0.2) is 0 Å². The molecule has 1 aromatic heterocycles. The minimum absolute atomic E-state index is 0.351. The molecule has 1 amide bonds. The molecule has 7 heteroatoms. The van der Waals surface area contributed by atoms with Crippen LogP contribution < -0.4 is 10.5 Å². The number of carbonyl (C=O) groups is 1. The predicted molar refractivity (Wildman–Crippen MR) is 77.5 cm³/mol. The first-order chi connectivity index (χ1) is 9.52. The summed E-state index contributed by atoms with van der Waals surface area (Å²) in [4.78, 5) is 11.1. The monoisotopic (exact) mass is 292 g/mol. The number of hydrogen-bond acceptors (Lipinski definition) is 5. The van der Waals surface area contributed by atoms with Crippen LogP contribution in [-0.4, -0.2) is 33.0 Å². The van der Waals surface area contributed by atoms with E-state index < -0.39 is 0 Å². The van der Waals surface area contributed by atoms with Crippen LogP contribution in [0.15, 0.2) is 29.4 Å². The Morgan fingerprint density at radius 2 is 2.20 bits per heavy atom. The molecule has 2 rings (SSSR count). The van der Waals surface area contributed by atoms with Gasteiger partial charge in [0.05, 0.1) is 12.4 Å². The fraction of sp³-hybridized carbons (Fsp3) is 0.308. The van der Waals surface area contributed by atoms with Gasteiger partial charge >= 0.3 is 0 Å². The Bertz CT molecular complexity index is 627. The third-order valence-electron chi connectivity index (χ3n) is 2.85. The molecule has 1 aromatic carbocycles. The first kappa shape index (κ1) is 14.4. The number of nitrogens with two attached hydrogens (primary N) is 1. The molecule has 2 aromatic rings. The number of amides is 1. The molecule has 0 aliphatic heterocycles. The largest absolute Gasteiger partial charge is 0.497 e. The second-order valence-corrected chi connectivity index (χ2v) is 5.57. The van der Waals surface area contributed by atoms with Crippen LogP contribution in [0.1, 0.15) is 6.92 Å². The Labute approximate surface area is 121 Å². The van der Waals surface area contributed by atoms with E-state index in [0.29, 0.717) is 11.0 Å². The third-order valence-corrected chi connectivity index (χ3v) is 4.00. The number of rotatable bonds is 5. The number of carbonyl (C=O) groups excluding carboxylic acids is 1. The Morgan fingerprint density at radius 1 is 1.45 bits per heavy atom. The zero-order chi connectivity index (χ0) is 14.7. The summed E-state index contributed by atoms with van der Waals surface area (Å²) < 4.78 is 7.03. The number of thioether (sulfide) groups is 1. The minimum Gasteiger partial charge on any atom is -0.497 e. The van der Waals surface area contributed by atoms with Crippen molar-refractivity contribution in [3.63, 3.8) is 0 Å². The molecule has 0 unspecified atom stereocenters. The molecule has 0 radical (unpaired) electrons. The van der Waals surface area contributed by atoms with Gasteiger partial charge in [-0.2, -0.15) is 0 Å². The summed E-state index contributed by atoms with van der Waals surface area (Å²) in [5.74, 6) is 1.09. The zero-order valence-corrected chi connectivity index (χ0v) is 12.3. The van der Waals surface area contributed by atoms with E-state index in [9.17, 15) is 4.79 Å². The first-order valence-corrected chi connectivity index (χ1v) is 6.90. The molecule has 0 bridgehead atoms. The molecule has 0 fully saturated rings. The molecule has 0 saturated heterocycles. The molecule has 0 saturated carbocycles. The van der Waals surface area contributed by atoms with Crippen molar-refractivity contribution in [2.75, 3.05) is 7.11 Å². The van der Waals surface area contributed by atoms with Crippen molar-refractivity contribution in [3.05, 3.63) is 24.3 Å². The predicted octanol–water partition coefficient (Wildman–Crippen LogP) is 1.46. The van der Waals surface area contributed by atoms with E-state index in [0.717, 1.165) is 11.3 Å². The van der Waals surface area contributed by atoms with Crippen molar-refractivity contribution >= 4 is 17.7 Å². The summed E-state index contributed by atoms with van der Waals surface area (Å²) in [5.41, 5.74) is 6.16. The molecule has 2 N–H and O–H groups in total. The number of hydrogen-bond donors (Lipinski definition) is 1. The fourth-order valence-corrected chi connectivity index (χ4v) is 2.41. The molecule has 106 valence electrons. The summed E-state index contributed by atoms with van der Waals surface area (Å²) in [6.45, 7) is 1.74. The molecule has 0 aliphatic rings. The lowest BCUT2D eigenvalue weighted by Crippen LogP contribution is -2.22. The van der Waals surface area contributed by atoms with Gasteiger partial charge in [0.2, 0.25) is 5.91 Å². The highest BCUT2D eigenvalue weighted by Crippen LogP contribution is 2.27. The van der Waals surface area contributed by atoms with Gasteiger partial charge < -0.3 is 15.0 Å². The van der Waals surface area contributed by atoms with Crippen molar-refractivity contribution in [2.24, 2.45) is 12.8 Å². The first-order valence-electron chi connectivity index (χ1n) is 6.02. The Hall–Kier alpha value is -2.02. The van der Waals surface area contributed by atoms with E-state index in [1.165, 1.54) is 11.8 Å². The van der Waals surface area contributed by atoms with Gasteiger partial charge in [0, 0.05) is 12.6 Å². The molecule has 0 spiro atoms. The van der Waals surface area contributed by atoms with E-state index in [1.54, 1.807) is 14.0 Å². The molecular formula is C13H16N4O2S. The maximum atomic E-state index is 11.1. The molecule has 1 atom stereocenters. The van der Waals surface area contributed by atoms with E-state index >= 15 is 0 Å². The molecule has 6 nitrogen and oxygen atoms in total.